The normalized spacial score (nSPS) is 11.7. The molecule has 148 valence electrons. The SMILES string of the molecule is CN=C(NCCCOCCOC)NCc1ccccc1OCCN(C)C. The number of rotatable bonds is 13. The molecular formula is C19H34N4O3. The number of nitrogens with zero attached hydrogens (tertiary/aromatic N) is 2. The number of hydrogen-bond donors (Lipinski definition) is 2. The molecule has 0 spiro atoms. The zero-order valence-corrected chi connectivity index (χ0v) is 16.6. The van der Waals surface area contributed by atoms with Gasteiger partial charge in [0, 0.05) is 46.0 Å². The minimum absolute atomic E-state index is 0.632. The molecule has 0 bridgehead atoms. The number of nitrogens with one attached hydrogen (secondary N) is 2. The highest BCUT2D eigenvalue weighted by atomic mass is 16.5. The van der Waals surface area contributed by atoms with Gasteiger partial charge in [-0.3, -0.25) is 4.99 Å². The summed E-state index contributed by atoms with van der Waals surface area (Å²) in [6, 6.07) is 8.07. The maximum absolute atomic E-state index is 5.89. The van der Waals surface area contributed by atoms with Gasteiger partial charge in [-0.25, -0.2) is 0 Å². The summed E-state index contributed by atoms with van der Waals surface area (Å²) < 4.78 is 16.3. The molecule has 0 saturated heterocycles. The molecule has 0 saturated carbocycles. The van der Waals surface area contributed by atoms with E-state index >= 15 is 0 Å². The van der Waals surface area contributed by atoms with Crippen molar-refractivity contribution in [3.63, 3.8) is 0 Å². The Morgan fingerprint density at radius 1 is 1.08 bits per heavy atom. The van der Waals surface area contributed by atoms with Gasteiger partial charge in [-0.05, 0) is 26.6 Å². The van der Waals surface area contributed by atoms with E-state index in [4.69, 9.17) is 14.2 Å². The molecule has 1 aromatic carbocycles. The lowest BCUT2D eigenvalue weighted by Gasteiger charge is -2.16. The van der Waals surface area contributed by atoms with E-state index in [1.807, 2.05) is 32.3 Å². The zero-order chi connectivity index (χ0) is 19.0. The lowest BCUT2D eigenvalue weighted by Crippen LogP contribution is -2.37. The monoisotopic (exact) mass is 366 g/mol. The van der Waals surface area contributed by atoms with Crippen LogP contribution in [0, 0.1) is 0 Å². The molecule has 26 heavy (non-hydrogen) atoms. The van der Waals surface area contributed by atoms with Crippen LogP contribution in [-0.2, 0) is 16.0 Å². The van der Waals surface area contributed by atoms with Crippen molar-refractivity contribution in [2.75, 3.05) is 67.8 Å². The van der Waals surface area contributed by atoms with Crippen LogP contribution in [0.15, 0.2) is 29.3 Å². The van der Waals surface area contributed by atoms with Crippen LogP contribution in [0.2, 0.25) is 0 Å². The number of hydrogen-bond acceptors (Lipinski definition) is 5. The molecule has 7 nitrogen and oxygen atoms in total. The van der Waals surface area contributed by atoms with Crippen LogP contribution in [0.5, 0.6) is 5.75 Å². The van der Waals surface area contributed by atoms with E-state index in [2.05, 4.69) is 26.6 Å². The first-order valence-corrected chi connectivity index (χ1v) is 9.04. The molecule has 0 unspecified atom stereocenters. The number of likely N-dealkylation sites (N-methyl/N-ethyl adjacent to an activating group) is 1. The second kappa shape index (κ2) is 14.4. The fourth-order valence-corrected chi connectivity index (χ4v) is 2.15. The highest BCUT2D eigenvalue weighted by Crippen LogP contribution is 2.17. The van der Waals surface area contributed by atoms with Crippen molar-refractivity contribution in [2.45, 2.75) is 13.0 Å². The molecule has 0 aliphatic rings. The molecule has 0 heterocycles. The van der Waals surface area contributed by atoms with Crippen LogP contribution < -0.4 is 15.4 Å². The summed E-state index contributed by atoms with van der Waals surface area (Å²) in [5.74, 6) is 1.67. The smallest absolute Gasteiger partial charge is 0.191 e. The van der Waals surface area contributed by atoms with Crippen LogP contribution in [0.25, 0.3) is 0 Å². The number of ether oxygens (including phenoxy) is 3. The lowest BCUT2D eigenvalue weighted by atomic mass is 10.2. The summed E-state index contributed by atoms with van der Waals surface area (Å²) in [6.45, 7) is 4.98. The van der Waals surface area contributed by atoms with Crippen LogP contribution in [0.1, 0.15) is 12.0 Å². The molecule has 1 rings (SSSR count). The summed E-state index contributed by atoms with van der Waals surface area (Å²) in [7, 11) is 7.51. The largest absolute Gasteiger partial charge is 0.492 e. The first kappa shape index (κ1) is 22.2. The Hall–Kier alpha value is -1.83. The van der Waals surface area contributed by atoms with Crippen molar-refractivity contribution in [1.82, 2.24) is 15.5 Å². The second-order valence-electron chi connectivity index (χ2n) is 6.07. The molecule has 0 amide bonds. The molecule has 0 aromatic heterocycles. The summed E-state index contributed by atoms with van der Waals surface area (Å²) in [5, 5.41) is 6.61. The third-order valence-corrected chi connectivity index (χ3v) is 3.63. The third-order valence-electron chi connectivity index (χ3n) is 3.63. The second-order valence-corrected chi connectivity index (χ2v) is 6.07. The van der Waals surface area contributed by atoms with Crippen LogP contribution in [-0.4, -0.2) is 78.6 Å². The van der Waals surface area contributed by atoms with E-state index in [-0.39, 0.29) is 0 Å². The predicted octanol–water partition coefficient (Wildman–Crippen LogP) is 1.35. The van der Waals surface area contributed by atoms with Gasteiger partial charge in [-0.15, -0.1) is 0 Å². The van der Waals surface area contributed by atoms with Gasteiger partial charge < -0.3 is 29.7 Å². The van der Waals surface area contributed by atoms with Gasteiger partial charge in [0.15, 0.2) is 5.96 Å². The fourth-order valence-electron chi connectivity index (χ4n) is 2.15. The van der Waals surface area contributed by atoms with Gasteiger partial charge in [0.25, 0.3) is 0 Å². The van der Waals surface area contributed by atoms with E-state index in [1.165, 1.54) is 0 Å². The van der Waals surface area contributed by atoms with Gasteiger partial charge in [0.05, 0.1) is 13.2 Å². The molecule has 2 N–H and O–H groups in total. The van der Waals surface area contributed by atoms with Crippen molar-refractivity contribution < 1.29 is 14.2 Å². The first-order chi connectivity index (χ1) is 12.7. The highest BCUT2D eigenvalue weighted by Gasteiger charge is 2.05. The number of methoxy groups -OCH3 is 1. The molecular weight excluding hydrogens is 332 g/mol. The van der Waals surface area contributed by atoms with Gasteiger partial charge in [0.2, 0.25) is 0 Å². The lowest BCUT2D eigenvalue weighted by molar-refractivity contribution is 0.0698. The Balaban J connectivity index is 2.32. The quantitative estimate of drug-likeness (QED) is 0.312. The molecule has 0 radical (unpaired) electrons. The number of para-hydroxylation sites is 1. The van der Waals surface area contributed by atoms with Gasteiger partial charge in [0.1, 0.15) is 12.4 Å². The maximum atomic E-state index is 5.89. The van der Waals surface area contributed by atoms with Gasteiger partial charge in [-0.2, -0.15) is 0 Å². The molecule has 1 aromatic rings. The maximum Gasteiger partial charge on any atom is 0.191 e. The third kappa shape index (κ3) is 10.2. The molecule has 0 aliphatic carbocycles. The average Bonchev–Trinajstić information content (AvgIpc) is 2.64. The Morgan fingerprint density at radius 2 is 1.88 bits per heavy atom. The van der Waals surface area contributed by atoms with Crippen LogP contribution in [0.4, 0.5) is 0 Å². The summed E-state index contributed by atoms with van der Waals surface area (Å²) >= 11 is 0. The molecule has 0 fully saturated rings. The van der Waals surface area contributed by atoms with Crippen molar-refractivity contribution in [3.05, 3.63) is 29.8 Å². The fraction of sp³-hybridized carbons (Fsp3) is 0.632. The molecule has 7 heteroatoms. The van der Waals surface area contributed by atoms with Crippen molar-refractivity contribution in [1.29, 1.82) is 0 Å². The van der Waals surface area contributed by atoms with Crippen LogP contribution >= 0.6 is 0 Å². The van der Waals surface area contributed by atoms with E-state index in [9.17, 15) is 0 Å². The molecule has 0 aliphatic heterocycles. The first-order valence-electron chi connectivity index (χ1n) is 9.04. The highest BCUT2D eigenvalue weighted by molar-refractivity contribution is 5.79. The van der Waals surface area contributed by atoms with Crippen molar-refractivity contribution in [3.8, 4) is 5.75 Å². The zero-order valence-electron chi connectivity index (χ0n) is 16.6. The summed E-state index contributed by atoms with van der Waals surface area (Å²) in [4.78, 5) is 6.35. The van der Waals surface area contributed by atoms with E-state index in [1.54, 1.807) is 14.2 Å². The van der Waals surface area contributed by atoms with Gasteiger partial charge >= 0.3 is 0 Å². The Kier molecular flexibility index (Phi) is 12.3. The standard InChI is InChI=1S/C19H34N4O3/c1-20-19(21-10-7-12-25-15-14-24-4)22-16-17-8-5-6-9-18(17)26-13-11-23(2)3/h5-6,8-9H,7,10-16H2,1-4H3,(H2,20,21,22). The number of benzene rings is 1. The van der Waals surface area contributed by atoms with Crippen LogP contribution in [0.3, 0.4) is 0 Å². The minimum Gasteiger partial charge on any atom is -0.492 e. The van der Waals surface area contributed by atoms with Gasteiger partial charge in [-0.1, -0.05) is 18.2 Å². The topological polar surface area (TPSA) is 67.4 Å². The van der Waals surface area contributed by atoms with E-state index in [0.717, 1.165) is 36.8 Å². The number of aliphatic imine (C=N–C) groups is 1. The molecule has 0 atom stereocenters. The Morgan fingerprint density at radius 3 is 2.62 bits per heavy atom. The average molecular weight is 367 g/mol. The summed E-state index contributed by atoms with van der Waals surface area (Å²) in [5.41, 5.74) is 1.11. The van der Waals surface area contributed by atoms with Crippen molar-refractivity contribution in [2.24, 2.45) is 4.99 Å². The minimum atomic E-state index is 0.632. The predicted molar refractivity (Wildman–Crippen MR) is 106 cm³/mol. The summed E-state index contributed by atoms with van der Waals surface area (Å²) in [6.07, 6.45) is 0.911. The Bertz CT molecular complexity index is 509. The number of guanidine groups is 1. The van der Waals surface area contributed by atoms with Crippen molar-refractivity contribution >= 4 is 5.96 Å². The Labute approximate surface area is 157 Å². The van der Waals surface area contributed by atoms with E-state index in [0.29, 0.717) is 33.0 Å². The van der Waals surface area contributed by atoms with E-state index < -0.39 is 0 Å².